The van der Waals surface area contributed by atoms with E-state index in [-0.39, 0.29) is 23.1 Å². The number of imidazole rings is 1. The van der Waals surface area contributed by atoms with Gasteiger partial charge in [0.1, 0.15) is 23.2 Å². The van der Waals surface area contributed by atoms with Crippen molar-refractivity contribution < 1.29 is 9.84 Å². The first kappa shape index (κ1) is 21.5. The van der Waals surface area contributed by atoms with Crippen LogP contribution in [-0.4, -0.2) is 42.7 Å². The average molecular weight is 447 g/mol. The third-order valence-corrected chi connectivity index (χ3v) is 5.85. The number of nitriles is 1. The van der Waals surface area contributed by atoms with Crippen molar-refractivity contribution in [1.82, 2.24) is 24.7 Å². The van der Waals surface area contributed by atoms with Crippen molar-refractivity contribution >= 4 is 28.4 Å². The lowest BCUT2D eigenvalue weighted by atomic mass is 10.2. The van der Waals surface area contributed by atoms with Gasteiger partial charge in [-0.05, 0) is 50.2 Å². The fourth-order valence-corrected chi connectivity index (χ4v) is 4.25. The Morgan fingerprint density at radius 1 is 1.19 bits per heavy atom. The molecule has 0 aliphatic heterocycles. The van der Waals surface area contributed by atoms with Gasteiger partial charge in [-0.3, -0.25) is 4.57 Å². The molecule has 0 saturated carbocycles. The lowest BCUT2D eigenvalue weighted by Gasteiger charge is -2.14. The highest BCUT2D eigenvalue weighted by molar-refractivity contribution is 7.99. The van der Waals surface area contributed by atoms with Crippen LogP contribution in [0.15, 0.2) is 59.4 Å². The number of benzene rings is 2. The van der Waals surface area contributed by atoms with Crippen LogP contribution in [0.25, 0.3) is 28.0 Å². The molecule has 9 heteroatoms. The molecule has 4 rings (SSSR count). The van der Waals surface area contributed by atoms with E-state index in [0.29, 0.717) is 11.0 Å². The number of nitrogens with one attached hydrogen (secondary N) is 1. The van der Waals surface area contributed by atoms with E-state index in [1.807, 2.05) is 66.9 Å². The number of hydrogen-bond donors (Lipinski definition) is 2. The molecule has 2 heterocycles. The predicted octanol–water partition coefficient (Wildman–Crippen LogP) is 5.00. The van der Waals surface area contributed by atoms with Gasteiger partial charge in [-0.25, -0.2) is 4.98 Å². The molecule has 2 N–H and O–H groups in total. The summed E-state index contributed by atoms with van der Waals surface area (Å²) in [6.45, 7) is 4.09. The molecule has 2 aromatic heterocycles. The Morgan fingerprint density at radius 3 is 2.59 bits per heavy atom. The number of thioether (sulfide) groups is 1. The Bertz CT molecular complexity index is 1280. The van der Waals surface area contributed by atoms with Crippen molar-refractivity contribution in [1.29, 1.82) is 5.26 Å². The number of aliphatic hydroxyl groups excluding tert-OH is 1. The lowest BCUT2D eigenvalue weighted by Crippen LogP contribution is -2.06. The van der Waals surface area contributed by atoms with Crippen LogP contribution < -0.4 is 4.74 Å². The number of methoxy groups -OCH3 is 1. The number of allylic oxidation sites excluding steroid dienone is 1. The van der Waals surface area contributed by atoms with Gasteiger partial charge in [-0.15, -0.1) is 10.2 Å². The first-order chi connectivity index (χ1) is 15.5. The van der Waals surface area contributed by atoms with Gasteiger partial charge in [0.25, 0.3) is 0 Å². The minimum absolute atomic E-state index is 0.0686. The number of aromatic nitrogens is 5. The van der Waals surface area contributed by atoms with Gasteiger partial charge in [0, 0.05) is 11.6 Å². The second kappa shape index (κ2) is 9.16. The molecule has 0 atom stereocenters. The zero-order chi connectivity index (χ0) is 22.7. The van der Waals surface area contributed by atoms with Crippen LogP contribution in [0.3, 0.4) is 0 Å². The van der Waals surface area contributed by atoms with Crippen molar-refractivity contribution in [3.8, 4) is 23.2 Å². The van der Waals surface area contributed by atoms with E-state index in [1.54, 1.807) is 7.11 Å². The summed E-state index contributed by atoms with van der Waals surface area (Å²) in [6, 6.07) is 17.3. The molecule has 0 amide bonds. The molecule has 2 aromatic carbocycles. The van der Waals surface area contributed by atoms with Crippen molar-refractivity contribution in [2.45, 2.75) is 25.0 Å². The molecule has 32 heavy (non-hydrogen) atoms. The van der Waals surface area contributed by atoms with Crippen LogP contribution in [-0.2, 0) is 0 Å². The minimum Gasteiger partial charge on any atom is -0.510 e. The second-order valence-corrected chi connectivity index (χ2v) is 8.27. The Kier molecular flexibility index (Phi) is 6.14. The highest BCUT2D eigenvalue weighted by Gasteiger charge is 2.19. The molecule has 0 aliphatic rings. The lowest BCUT2D eigenvalue weighted by molar-refractivity contribution is 0.415. The van der Waals surface area contributed by atoms with E-state index in [2.05, 4.69) is 26.2 Å². The Morgan fingerprint density at radius 2 is 1.94 bits per heavy atom. The van der Waals surface area contributed by atoms with E-state index in [9.17, 15) is 10.4 Å². The summed E-state index contributed by atoms with van der Waals surface area (Å²) < 4.78 is 7.23. The summed E-state index contributed by atoms with van der Waals surface area (Å²) in [4.78, 5) is 7.50. The van der Waals surface area contributed by atoms with Crippen LogP contribution in [0.1, 0.15) is 25.7 Å². The van der Waals surface area contributed by atoms with Crippen molar-refractivity contribution in [2.24, 2.45) is 0 Å². The summed E-state index contributed by atoms with van der Waals surface area (Å²) >= 11 is 1.32. The second-order valence-electron chi connectivity index (χ2n) is 7.32. The van der Waals surface area contributed by atoms with Gasteiger partial charge < -0.3 is 14.8 Å². The molecule has 0 spiro atoms. The number of rotatable bonds is 7. The monoisotopic (exact) mass is 446 g/mol. The van der Waals surface area contributed by atoms with Crippen LogP contribution in [0, 0.1) is 11.3 Å². The van der Waals surface area contributed by atoms with Gasteiger partial charge in [0.05, 0.1) is 23.9 Å². The standard InChI is InChI=1S/C23H22N6O2S/c1-14(2)29-22(15-8-10-16(31-3)11-9-15)27-28-23(29)32-13-20(30)17(12-24)21-25-18-6-4-5-7-19(18)26-21/h4-11,14,30H,13H2,1-3H3,(H,25,26)/b20-17-. The molecule has 4 aromatic rings. The van der Waals surface area contributed by atoms with E-state index in [1.165, 1.54) is 11.8 Å². The van der Waals surface area contributed by atoms with E-state index in [4.69, 9.17) is 4.74 Å². The maximum absolute atomic E-state index is 10.7. The smallest absolute Gasteiger partial charge is 0.192 e. The highest BCUT2D eigenvalue weighted by atomic mass is 32.2. The molecule has 0 bridgehead atoms. The van der Waals surface area contributed by atoms with Crippen LogP contribution in [0.4, 0.5) is 0 Å². The first-order valence-corrected chi connectivity index (χ1v) is 11.0. The van der Waals surface area contributed by atoms with Gasteiger partial charge >= 0.3 is 0 Å². The summed E-state index contributed by atoms with van der Waals surface area (Å²) in [7, 11) is 1.63. The molecule has 0 unspecified atom stereocenters. The van der Waals surface area contributed by atoms with Crippen molar-refractivity contribution in [2.75, 3.05) is 12.9 Å². The van der Waals surface area contributed by atoms with Crippen LogP contribution in [0.5, 0.6) is 5.75 Å². The normalized spacial score (nSPS) is 12.1. The van der Waals surface area contributed by atoms with Gasteiger partial charge in [0.2, 0.25) is 0 Å². The van der Waals surface area contributed by atoms with Crippen molar-refractivity contribution in [3.05, 3.63) is 60.1 Å². The zero-order valence-electron chi connectivity index (χ0n) is 17.9. The molecule has 0 fully saturated rings. The maximum atomic E-state index is 10.7. The summed E-state index contributed by atoms with van der Waals surface area (Å²) in [6.07, 6.45) is 0. The van der Waals surface area contributed by atoms with Crippen LogP contribution >= 0.6 is 11.8 Å². The number of ether oxygens (including phenoxy) is 1. The summed E-state index contributed by atoms with van der Waals surface area (Å²) in [5.74, 6) is 1.93. The predicted molar refractivity (Wildman–Crippen MR) is 124 cm³/mol. The summed E-state index contributed by atoms with van der Waals surface area (Å²) in [5, 5.41) is 29.6. The van der Waals surface area contributed by atoms with Gasteiger partial charge in [-0.1, -0.05) is 23.9 Å². The number of fused-ring (bicyclic) bond motifs is 1. The molecule has 0 aliphatic carbocycles. The van der Waals surface area contributed by atoms with E-state index >= 15 is 0 Å². The third-order valence-electron chi connectivity index (χ3n) is 4.89. The third kappa shape index (κ3) is 4.18. The Labute approximate surface area is 189 Å². The maximum Gasteiger partial charge on any atom is 0.192 e. The molecule has 8 nitrogen and oxygen atoms in total. The van der Waals surface area contributed by atoms with E-state index in [0.717, 1.165) is 28.2 Å². The minimum atomic E-state index is -0.0686. The fraction of sp³-hybridized carbons (Fsp3) is 0.217. The van der Waals surface area contributed by atoms with Gasteiger partial charge in [0.15, 0.2) is 16.8 Å². The number of aliphatic hydroxyl groups is 1. The number of nitrogens with zero attached hydrogens (tertiary/aromatic N) is 5. The average Bonchev–Trinajstić information content (AvgIpc) is 3.42. The van der Waals surface area contributed by atoms with Gasteiger partial charge in [-0.2, -0.15) is 5.26 Å². The SMILES string of the molecule is COc1ccc(-c2nnc(SC/C(O)=C(\C#N)c3nc4ccccc4[nH]3)n2C(C)C)cc1. The molecular formula is C23H22N6O2S. The largest absolute Gasteiger partial charge is 0.510 e. The topological polar surface area (TPSA) is 113 Å². The number of aromatic amines is 1. The van der Waals surface area contributed by atoms with E-state index < -0.39 is 0 Å². The first-order valence-electron chi connectivity index (χ1n) is 10.0. The fourth-order valence-electron chi connectivity index (χ4n) is 3.31. The number of hydrogen-bond acceptors (Lipinski definition) is 7. The number of para-hydroxylation sites is 2. The van der Waals surface area contributed by atoms with Crippen molar-refractivity contribution in [3.63, 3.8) is 0 Å². The Hall–Kier alpha value is -3.77. The zero-order valence-corrected chi connectivity index (χ0v) is 18.7. The summed E-state index contributed by atoms with van der Waals surface area (Å²) in [5.41, 5.74) is 2.57. The highest BCUT2D eigenvalue weighted by Crippen LogP contribution is 2.30. The molecular weight excluding hydrogens is 424 g/mol. The van der Waals surface area contributed by atoms with Crippen LogP contribution in [0.2, 0.25) is 0 Å². The molecule has 162 valence electrons. The quantitative estimate of drug-likeness (QED) is 0.233. The molecule has 0 saturated heterocycles. The molecule has 0 radical (unpaired) electrons. The Balaban J connectivity index is 1.60. The number of H-pyrrole nitrogens is 1.